The van der Waals surface area contributed by atoms with E-state index in [0.29, 0.717) is 6.04 Å². The second kappa shape index (κ2) is 6.40. The molecule has 1 amide bonds. The Labute approximate surface area is 119 Å². The molecule has 2 rings (SSSR count). The van der Waals surface area contributed by atoms with E-state index in [1.54, 1.807) is 0 Å². The van der Waals surface area contributed by atoms with Crippen LogP contribution in [0.1, 0.15) is 44.2 Å². The third-order valence-electron chi connectivity index (χ3n) is 3.99. The fourth-order valence-electron chi connectivity index (χ4n) is 2.81. The Balaban J connectivity index is 1.89. The summed E-state index contributed by atoms with van der Waals surface area (Å²) in [6.45, 7) is 2.13. The van der Waals surface area contributed by atoms with E-state index in [2.05, 4.69) is 18.3 Å². The Morgan fingerprint density at radius 1 is 1.32 bits per heavy atom. The summed E-state index contributed by atoms with van der Waals surface area (Å²) < 4.78 is 0. The van der Waals surface area contributed by atoms with Gasteiger partial charge in [-0.2, -0.15) is 0 Å². The number of hydrogen-bond acceptors (Lipinski definition) is 2. The molecule has 0 radical (unpaired) electrons. The highest BCUT2D eigenvalue weighted by atomic mass is 35.5. The summed E-state index contributed by atoms with van der Waals surface area (Å²) in [5.41, 5.74) is 6.47. The highest BCUT2D eigenvalue weighted by molar-refractivity contribution is 6.31. The number of nitrogens with one attached hydrogen (secondary N) is 1. The largest absolute Gasteiger partial charge is 0.369 e. The van der Waals surface area contributed by atoms with E-state index in [1.165, 1.54) is 0 Å². The van der Waals surface area contributed by atoms with Gasteiger partial charge in [-0.3, -0.25) is 4.79 Å². The van der Waals surface area contributed by atoms with E-state index in [1.807, 2.05) is 18.2 Å². The Bertz CT molecular complexity index is 442. The monoisotopic (exact) mass is 280 g/mol. The highest BCUT2D eigenvalue weighted by Gasteiger charge is 2.25. The average Bonchev–Trinajstić information content (AvgIpc) is 2.39. The van der Waals surface area contributed by atoms with Crippen molar-refractivity contribution in [2.75, 3.05) is 0 Å². The summed E-state index contributed by atoms with van der Waals surface area (Å²) in [5.74, 6) is -0.0914. The smallest absolute Gasteiger partial charge is 0.220 e. The van der Waals surface area contributed by atoms with Gasteiger partial charge in [0.25, 0.3) is 0 Å². The van der Waals surface area contributed by atoms with E-state index in [4.69, 9.17) is 17.3 Å². The molecule has 19 heavy (non-hydrogen) atoms. The van der Waals surface area contributed by atoms with E-state index in [9.17, 15) is 4.79 Å². The van der Waals surface area contributed by atoms with E-state index in [0.717, 1.165) is 36.3 Å². The van der Waals surface area contributed by atoms with Crippen LogP contribution in [0, 0.1) is 5.92 Å². The summed E-state index contributed by atoms with van der Waals surface area (Å²) in [7, 11) is 0. The zero-order valence-corrected chi connectivity index (χ0v) is 12.0. The molecule has 0 aliphatic heterocycles. The van der Waals surface area contributed by atoms with Crippen LogP contribution in [0.25, 0.3) is 0 Å². The molecule has 0 saturated heterocycles. The zero-order chi connectivity index (χ0) is 13.8. The average molecular weight is 281 g/mol. The van der Waals surface area contributed by atoms with Crippen molar-refractivity contribution in [3.8, 4) is 0 Å². The molecular formula is C15H21ClN2O. The van der Waals surface area contributed by atoms with Crippen molar-refractivity contribution < 1.29 is 4.79 Å². The molecule has 0 heterocycles. The van der Waals surface area contributed by atoms with Crippen LogP contribution >= 0.6 is 11.6 Å². The minimum Gasteiger partial charge on any atom is -0.369 e. The van der Waals surface area contributed by atoms with Crippen molar-refractivity contribution in [2.24, 2.45) is 11.7 Å². The SMILES string of the molecule is CC(NC1CCC(C(N)=O)CC1)c1ccccc1Cl. The normalized spacial score (nSPS) is 24.9. The lowest BCUT2D eigenvalue weighted by molar-refractivity contribution is -0.122. The summed E-state index contributed by atoms with van der Waals surface area (Å²) in [6, 6.07) is 8.58. The molecule has 4 heteroatoms. The van der Waals surface area contributed by atoms with Gasteiger partial charge in [-0.05, 0) is 44.2 Å². The lowest BCUT2D eigenvalue weighted by atomic mass is 9.85. The number of carbonyl (C=O) groups is 1. The van der Waals surface area contributed by atoms with Crippen molar-refractivity contribution in [3.63, 3.8) is 0 Å². The lowest BCUT2D eigenvalue weighted by Gasteiger charge is -2.30. The van der Waals surface area contributed by atoms with Gasteiger partial charge in [0.15, 0.2) is 0 Å². The molecule has 1 unspecified atom stereocenters. The number of nitrogens with two attached hydrogens (primary N) is 1. The van der Waals surface area contributed by atoms with E-state index < -0.39 is 0 Å². The fourth-order valence-corrected chi connectivity index (χ4v) is 3.11. The Morgan fingerprint density at radius 2 is 1.95 bits per heavy atom. The first-order valence-corrected chi connectivity index (χ1v) is 7.25. The van der Waals surface area contributed by atoms with E-state index in [-0.39, 0.29) is 17.9 Å². The first-order chi connectivity index (χ1) is 9.08. The minimum atomic E-state index is -0.155. The van der Waals surface area contributed by atoms with Gasteiger partial charge in [0, 0.05) is 23.0 Å². The Kier molecular flexibility index (Phi) is 4.83. The van der Waals surface area contributed by atoms with Gasteiger partial charge in [-0.1, -0.05) is 29.8 Å². The second-order valence-electron chi connectivity index (χ2n) is 5.36. The molecule has 104 valence electrons. The Morgan fingerprint density at radius 3 is 2.53 bits per heavy atom. The first kappa shape index (κ1) is 14.4. The molecular weight excluding hydrogens is 260 g/mol. The highest BCUT2D eigenvalue weighted by Crippen LogP contribution is 2.28. The molecule has 0 aromatic heterocycles. The summed E-state index contributed by atoms with van der Waals surface area (Å²) in [4.78, 5) is 11.1. The number of halogens is 1. The summed E-state index contributed by atoms with van der Waals surface area (Å²) in [5, 5.41) is 4.40. The third kappa shape index (κ3) is 3.71. The molecule has 0 bridgehead atoms. The predicted molar refractivity (Wildman–Crippen MR) is 77.9 cm³/mol. The lowest BCUT2D eigenvalue weighted by Crippen LogP contribution is -2.37. The molecule has 0 spiro atoms. The fraction of sp³-hybridized carbons (Fsp3) is 0.533. The van der Waals surface area contributed by atoms with Gasteiger partial charge in [0.2, 0.25) is 5.91 Å². The standard InChI is InChI=1S/C15H21ClN2O/c1-10(13-4-2-3-5-14(13)16)18-12-8-6-11(7-9-12)15(17)19/h2-5,10-12,18H,6-9H2,1H3,(H2,17,19). The molecule has 1 saturated carbocycles. The van der Waals surface area contributed by atoms with Gasteiger partial charge < -0.3 is 11.1 Å². The number of primary amides is 1. The molecule has 1 atom stereocenters. The predicted octanol–water partition coefficient (Wildman–Crippen LogP) is 3.03. The van der Waals surface area contributed by atoms with Crippen molar-refractivity contribution in [1.82, 2.24) is 5.32 Å². The Hall–Kier alpha value is -1.06. The van der Waals surface area contributed by atoms with Crippen LogP contribution in [0.2, 0.25) is 5.02 Å². The number of benzene rings is 1. The maximum atomic E-state index is 11.1. The summed E-state index contributed by atoms with van der Waals surface area (Å²) >= 11 is 6.20. The van der Waals surface area contributed by atoms with Crippen LogP contribution in [0.5, 0.6) is 0 Å². The van der Waals surface area contributed by atoms with Crippen LogP contribution in [0.15, 0.2) is 24.3 Å². The first-order valence-electron chi connectivity index (χ1n) is 6.87. The third-order valence-corrected chi connectivity index (χ3v) is 4.33. The number of hydrogen-bond donors (Lipinski definition) is 2. The van der Waals surface area contributed by atoms with Crippen LogP contribution in [0.4, 0.5) is 0 Å². The van der Waals surface area contributed by atoms with Crippen LogP contribution in [-0.4, -0.2) is 11.9 Å². The van der Waals surface area contributed by atoms with Gasteiger partial charge in [-0.15, -0.1) is 0 Å². The molecule has 3 N–H and O–H groups in total. The molecule has 1 fully saturated rings. The van der Waals surface area contributed by atoms with Crippen molar-refractivity contribution in [3.05, 3.63) is 34.9 Å². The number of amides is 1. The topological polar surface area (TPSA) is 55.1 Å². The van der Waals surface area contributed by atoms with Gasteiger partial charge >= 0.3 is 0 Å². The minimum absolute atomic E-state index is 0.0636. The van der Waals surface area contributed by atoms with Crippen LogP contribution in [-0.2, 0) is 4.79 Å². The quantitative estimate of drug-likeness (QED) is 0.891. The molecule has 1 aromatic carbocycles. The van der Waals surface area contributed by atoms with Gasteiger partial charge in [0.05, 0.1) is 0 Å². The number of carbonyl (C=O) groups excluding carboxylic acids is 1. The van der Waals surface area contributed by atoms with Gasteiger partial charge in [-0.25, -0.2) is 0 Å². The van der Waals surface area contributed by atoms with E-state index >= 15 is 0 Å². The zero-order valence-electron chi connectivity index (χ0n) is 11.2. The van der Waals surface area contributed by atoms with Crippen LogP contribution < -0.4 is 11.1 Å². The van der Waals surface area contributed by atoms with Crippen molar-refractivity contribution >= 4 is 17.5 Å². The van der Waals surface area contributed by atoms with Crippen LogP contribution in [0.3, 0.4) is 0 Å². The molecule has 1 aliphatic carbocycles. The van der Waals surface area contributed by atoms with Crippen molar-refractivity contribution in [1.29, 1.82) is 0 Å². The van der Waals surface area contributed by atoms with Gasteiger partial charge in [0.1, 0.15) is 0 Å². The molecule has 1 aliphatic rings. The maximum absolute atomic E-state index is 11.1. The summed E-state index contributed by atoms with van der Waals surface area (Å²) in [6.07, 6.45) is 3.79. The van der Waals surface area contributed by atoms with Crippen molar-refractivity contribution in [2.45, 2.75) is 44.7 Å². The number of rotatable bonds is 4. The molecule has 1 aromatic rings. The molecule has 3 nitrogen and oxygen atoms in total. The second-order valence-corrected chi connectivity index (χ2v) is 5.77. The maximum Gasteiger partial charge on any atom is 0.220 e.